The number of amides is 1. The molecule has 0 bridgehead atoms. The molecule has 6 N–H and O–H groups in total. The maximum atomic E-state index is 11.4. The van der Waals surface area contributed by atoms with Gasteiger partial charge in [0.25, 0.3) is 5.91 Å². The second kappa shape index (κ2) is 9.35. The number of halogens is 1. The van der Waals surface area contributed by atoms with Crippen LogP contribution in [0, 0.1) is 0 Å². The summed E-state index contributed by atoms with van der Waals surface area (Å²) in [5.74, 6) is 0.168. The molecule has 1 saturated heterocycles. The first-order chi connectivity index (χ1) is 15.3. The van der Waals surface area contributed by atoms with E-state index in [1.807, 2.05) is 18.2 Å². The third-order valence-corrected chi connectivity index (χ3v) is 6.44. The summed E-state index contributed by atoms with van der Waals surface area (Å²) in [4.78, 5) is 11.4. The molecule has 1 fully saturated rings. The molecule has 6 atom stereocenters. The van der Waals surface area contributed by atoms with E-state index in [-0.39, 0.29) is 0 Å². The molecule has 1 amide bonds. The normalized spacial score (nSPS) is 29.8. The Morgan fingerprint density at radius 2 is 1.88 bits per heavy atom. The van der Waals surface area contributed by atoms with Crippen LogP contribution in [0.15, 0.2) is 36.4 Å². The van der Waals surface area contributed by atoms with E-state index in [9.17, 15) is 25.2 Å². The number of hydrogen-bond donors (Lipinski definition) is 5. The van der Waals surface area contributed by atoms with Gasteiger partial charge in [0.1, 0.15) is 36.3 Å². The van der Waals surface area contributed by atoms with Crippen molar-refractivity contribution in [2.75, 3.05) is 6.61 Å². The van der Waals surface area contributed by atoms with Gasteiger partial charge < -0.3 is 35.6 Å². The summed E-state index contributed by atoms with van der Waals surface area (Å²) >= 11 is 6.42. The third kappa shape index (κ3) is 4.47. The molecule has 2 heterocycles. The van der Waals surface area contributed by atoms with Crippen LogP contribution in [-0.4, -0.2) is 63.5 Å². The highest BCUT2D eigenvalue weighted by molar-refractivity contribution is 6.31. The highest BCUT2D eigenvalue weighted by atomic mass is 35.5. The average Bonchev–Trinajstić information content (AvgIpc) is 2.79. The first-order valence-corrected chi connectivity index (χ1v) is 10.8. The van der Waals surface area contributed by atoms with Crippen molar-refractivity contribution >= 4 is 17.5 Å². The lowest BCUT2D eigenvalue weighted by Gasteiger charge is -2.40. The molecule has 0 aliphatic carbocycles. The zero-order chi connectivity index (χ0) is 23.0. The molecule has 4 rings (SSSR count). The van der Waals surface area contributed by atoms with Crippen LogP contribution in [0.2, 0.25) is 5.02 Å². The number of aliphatic hydroxyl groups is 4. The second-order valence-electron chi connectivity index (χ2n) is 8.27. The highest BCUT2D eigenvalue weighted by Crippen LogP contribution is 2.35. The zero-order valence-electron chi connectivity index (χ0n) is 17.2. The summed E-state index contributed by atoms with van der Waals surface area (Å²) in [7, 11) is 0. The maximum absolute atomic E-state index is 11.4. The van der Waals surface area contributed by atoms with Crippen molar-refractivity contribution in [1.29, 1.82) is 0 Å². The van der Waals surface area contributed by atoms with Crippen molar-refractivity contribution in [1.82, 2.24) is 0 Å². The summed E-state index contributed by atoms with van der Waals surface area (Å²) in [6.45, 7) is -0.490. The molecule has 0 spiro atoms. The Balaban J connectivity index is 1.56. The molecule has 0 radical (unpaired) electrons. The summed E-state index contributed by atoms with van der Waals surface area (Å²) in [5, 5.41) is 40.5. The molecule has 32 heavy (non-hydrogen) atoms. The molecule has 0 saturated carbocycles. The fraction of sp³-hybridized carbons (Fsp3) is 0.435. The third-order valence-electron chi connectivity index (χ3n) is 6.07. The largest absolute Gasteiger partial charge is 0.480 e. The van der Waals surface area contributed by atoms with Crippen molar-refractivity contribution in [3.05, 3.63) is 63.7 Å². The minimum atomic E-state index is -1.45. The number of aliphatic hydroxyl groups excluding tert-OH is 4. The summed E-state index contributed by atoms with van der Waals surface area (Å²) in [6.07, 6.45) is -5.05. The molecule has 9 heteroatoms. The van der Waals surface area contributed by atoms with Gasteiger partial charge in [0.2, 0.25) is 0 Å². The predicted molar refractivity (Wildman–Crippen MR) is 115 cm³/mol. The van der Waals surface area contributed by atoms with Gasteiger partial charge in [-0.3, -0.25) is 4.79 Å². The molecule has 2 aliphatic rings. The first-order valence-electron chi connectivity index (χ1n) is 10.4. The van der Waals surface area contributed by atoms with Gasteiger partial charge in [-0.2, -0.15) is 0 Å². The minimum Gasteiger partial charge on any atom is -0.480 e. The summed E-state index contributed by atoms with van der Waals surface area (Å²) in [6, 6.07) is 10.9. The smallest absolute Gasteiger partial charge is 0.258 e. The molecule has 2 aromatic rings. The first kappa shape index (κ1) is 23.0. The monoisotopic (exact) mass is 463 g/mol. The van der Waals surface area contributed by atoms with Crippen LogP contribution in [0.5, 0.6) is 5.75 Å². The van der Waals surface area contributed by atoms with Crippen molar-refractivity contribution in [3.8, 4) is 5.75 Å². The SMILES string of the molecule is NC(=O)C1CCc2cc(Cc3cc(C4OC(CO)C(O)C(O)C4O)ccc3Cl)ccc2O1. The Morgan fingerprint density at radius 1 is 1.09 bits per heavy atom. The number of primary amides is 1. The fourth-order valence-corrected chi connectivity index (χ4v) is 4.44. The number of rotatable bonds is 5. The second-order valence-corrected chi connectivity index (χ2v) is 8.67. The molecular weight excluding hydrogens is 438 g/mol. The van der Waals surface area contributed by atoms with Gasteiger partial charge in [-0.25, -0.2) is 0 Å². The Hall–Kier alpha value is -2.20. The van der Waals surface area contributed by atoms with Crippen LogP contribution in [0.4, 0.5) is 0 Å². The Morgan fingerprint density at radius 3 is 2.59 bits per heavy atom. The van der Waals surface area contributed by atoms with E-state index in [1.54, 1.807) is 18.2 Å². The van der Waals surface area contributed by atoms with Crippen molar-refractivity contribution in [2.24, 2.45) is 5.73 Å². The number of nitrogens with two attached hydrogens (primary N) is 1. The molecule has 2 aromatic carbocycles. The molecule has 6 unspecified atom stereocenters. The van der Waals surface area contributed by atoms with E-state index in [0.29, 0.717) is 35.6 Å². The van der Waals surface area contributed by atoms with E-state index in [4.69, 9.17) is 26.8 Å². The van der Waals surface area contributed by atoms with Gasteiger partial charge in [0.05, 0.1) is 6.61 Å². The van der Waals surface area contributed by atoms with Crippen molar-refractivity contribution < 1.29 is 34.7 Å². The van der Waals surface area contributed by atoms with E-state index in [2.05, 4.69) is 0 Å². The van der Waals surface area contributed by atoms with E-state index in [1.165, 1.54) is 0 Å². The van der Waals surface area contributed by atoms with E-state index in [0.717, 1.165) is 16.7 Å². The van der Waals surface area contributed by atoms with Gasteiger partial charge in [-0.1, -0.05) is 35.9 Å². The van der Waals surface area contributed by atoms with Crippen LogP contribution >= 0.6 is 11.6 Å². The summed E-state index contributed by atoms with van der Waals surface area (Å²) in [5.41, 5.74) is 8.67. The number of fused-ring (bicyclic) bond motifs is 1. The minimum absolute atomic E-state index is 0.475. The molecule has 8 nitrogen and oxygen atoms in total. The van der Waals surface area contributed by atoms with E-state index >= 15 is 0 Å². The van der Waals surface area contributed by atoms with Crippen LogP contribution < -0.4 is 10.5 Å². The van der Waals surface area contributed by atoms with Crippen LogP contribution in [-0.2, 0) is 22.4 Å². The Bertz CT molecular complexity index is 998. The predicted octanol–water partition coefficient (Wildman–Crippen LogP) is 0.625. The Kier molecular flexibility index (Phi) is 6.71. The molecule has 0 aromatic heterocycles. The fourth-order valence-electron chi connectivity index (χ4n) is 4.26. The quantitative estimate of drug-likeness (QED) is 0.437. The molecular formula is C23H26ClNO7. The number of carbonyl (C=O) groups excluding carboxylic acids is 1. The topological polar surface area (TPSA) is 142 Å². The number of hydrogen-bond acceptors (Lipinski definition) is 7. The number of carbonyl (C=O) groups is 1. The standard InChI is InChI=1S/C23H26ClNO7/c24-15-4-2-13(22-21(29)20(28)19(27)18(10-26)32-22)9-14(15)8-11-1-5-16-12(7-11)3-6-17(31-16)23(25)30/h1-2,4-5,7,9,17-22,26-29H,3,6,8,10H2,(H2,25,30). The van der Waals surface area contributed by atoms with Gasteiger partial charge in [0.15, 0.2) is 6.10 Å². The zero-order valence-corrected chi connectivity index (χ0v) is 18.0. The lowest BCUT2D eigenvalue weighted by molar-refractivity contribution is -0.231. The average molecular weight is 464 g/mol. The highest BCUT2D eigenvalue weighted by Gasteiger charge is 2.44. The molecule has 2 aliphatic heterocycles. The van der Waals surface area contributed by atoms with Crippen LogP contribution in [0.1, 0.15) is 34.8 Å². The van der Waals surface area contributed by atoms with Gasteiger partial charge in [-0.15, -0.1) is 0 Å². The van der Waals surface area contributed by atoms with Crippen molar-refractivity contribution in [3.63, 3.8) is 0 Å². The van der Waals surface area contributed by atoms with Crippen LogP contribution in [0.3, 0.4) is 0 Å². The number of ether oxygens (including phenoxy) is 2. The van der Waals surface area contributed by atoms with Gasteiger partial charge in [0, 0.05) is 5.02 Å². The maximum Gasteiger partial charge on any atom is 0.258 e. The van der Waals surface area contributed by atoms with Gasteiger partial charge in [-0.05, 0) is 53.6 Å². The summed E-state index contributed by atoms with van der Waals surface area (Å²) < 4.78 is 11.3. The Labute approximate surface area is 190 Å². The van der Waals surface area contributed by atoms with Crippen LogP contribution in [0.25, 0.3) is 0 Å². The lowest BCUT2D eigenvalue weighted by atomic mass is 9.90. The van der Waals surface area contributed by atoms with Crippen molar-refractivity contribution in [2.45, 2.75) is 55.9 Å². The van der Waals surface area contributed by atoms with E-state index < -0.39 is 49.1 Å². The lowest BCUT2D eigenvalue weighted by Crippen LogP contribution is -2.55. The number of benzene rings is 2. The molecule has 172 valence electrons. The van der Waals surface area contributed by atoms with Gasteiger partial charge >= 0.3 is 0 Å². The number of aryl methyl sites for hydroxylation is 1.